The molecule has 22 aromatic carbocycles. The van der Waals surface area contributed by atoms with Crippen LogP contribution in [0.3, 0.4) is 0 Å². The van der Waals surface area contributed by atoms with E-state index in [-0.39, 0.29) is 0 Å². The predicted octanol–water partition coefficient (Wildman–Crippen LogP) is 38.0. The summed E-state index contributed by atoms with van der Waals surface area (Å²) in [5, 5.41) is 12.7. The van der Waals surface area contributed by atoms with E-state index in [0.717, 1.165) is 45.5 Å². The van der Waals surface area contributed by atoms with Gasteiger partial charge >= 0.3 is 0 Å². The van der Waals surface area contributed by atoms with Crippen molar-refractivity contribution < 1.29 is 0 Å². The molecule has 2 aliphatic carbocycles. The van der Waals surface area contributed by atoms with Gasteiger partial charge in [-0.15, -0.1) is 34.0 Å². The van der Waals surface area contributed by atoms with Crippen LogP contribution >= 0.6 is 34.0 Å². The van der Waals surface area contributed by atoms with Gasteiger partial charge in [-0.3, -0.25) is 0 Å². The minimum atomic E-state index is -0.454. The van der Waals surface area contributed by atoms with Crippen molar-refractivity contribution in [1.82, 2.24) is 9.13 Å². The quantitative estimate of drug-likeness (QED) is 0.108. The van der Waals surface area contributed by atoms with Crippen molar-refractivity contribution >= 4 is 172 Å². The average Bonchev–Trinajstić information content (AvgIpc) is 1.50. The second-order valence-corrected chi connectivity index (χ2v) is 40.0. The lowest BCUT2D eigenvalue weighted by Crippen LogP contribution is -2.26. The Morgan fingerprint density at radius 2 is 0.479 bits per heavy atom. The van der Waals surface area contributed by atoms with E-state index < -0.39 is 5.41 Å². The van der Waals surface area contributed by atoms with Crippen molar-refractivity contribution in [2.24, 2.45) is 0 Å². The van der Waals surface area contributed by atoms with Gasteiger partial charge in [0.05, 0.1) is 27.5 Å². The Bertz CT molecular complexity index is 9540. The highest BCUT2D eigenvalue weighted by Crippen LogP contribution is 2.64. The lowest BCUT2D eigenvalue weighted by molar-refractivity contribution is 0.793. The number of nitrogens with zero attached hydrogens (tertiary/aromatic N) is 4. The monoisotopic (exact) mass is 1830 g/mol. The fraction of sp³-hybridized carbons (Fsp3) is 0.00752. The second kappa shape index (κ2) is 33.0. The number of thiophene rings is 3. The molecule has 27 aromatic rings. The largest absolute Gasteiger partial charge is 0.310 e. The van der Waals surface area contributed by atoms with Gasteiger partial charge < -0.3 is 18.9 Å². The highest BCUT2D eigenvalue weighted by molar-refractivity contribution is 7.27. The van der Waals surface area contributed by atoms with Crippen LogP contribution in [0.15, 0.2) is 510 Å². The molecule has 0 aliphatic heterocycles. The summed E-state index contributed by atoms with van der Waals surface area (Å²) in [6.45, 7) is 0. The maximum absolute atomic E-state index is 2.51. The third kappa shape index (κ3) is 13.0. The zero-order chi connectivity index (χ0) is 92.0. The third-order valence-electron chi connectivity index (χ3n) is 29.2. The summed E-state index contributed by atoms with van der Waals surface area (Å²) in [6.07, 6.45) is 0. The minimum Gasteiger partial charge on any atom is -0.310 e. The van der Waals surface area contributed by atoms with Gasteiger partial charge in [-0.1, -0.05) is 364 Å². The van der Waals surface area contributed by atoms with Crippen LogP contribution in [0.25, 0.3) is 205 Å². The first kappa shape index (κ1) is 81.1. The van der Waals surface area contributed by atoms with E-state index in [1.165, 1.54) is 215 Å². The maximum Gasteiger partial charge on any atom is 0.0726 e. The van der Waals surface area contributed by atoms with Crippen molar-refractivity contribution in [2.75, 3.05) is 9.80 Å². The summed E-state index contributed by atoms with van der Waals surface area (Å²) in [6, 6.07) is 188. The molecule has 0 amide bonds. The Morgan fingerprint density at radius 3 is 0.907 bits per heavy atom. The highest BCUT2D eigenvalue weighted by Gasteiger charge is 2.52. The summed E-state index contributed by atoms with van der Waals surface area (Å²) in [5.41, 5.74) is 38.5. The molecule has 4 nitrogen and oxygen atoms in total. The van der Waals surface area contributed by atoms with Crippen LogP contribution in [0.4, 0.5) is 34.1 Å². The zero-order valence-electron chi connectivity index (χ0n) is 76.0. The van der Waals surface area contributed by atoms with E-state index in [1.54, 1.807) is 0 Å². The van der Waals surface area contributed by atoms with E-state index in [2.05, 4.69) is 529 Å². The average molecular weight is 1830 g/mol. The van der Waals surface area contributed by atoms with Gasteiger partial charge in [0.2, 0.25) is 0 Å². The van der Waals surface area contributed by atoms with E-state index >= 15 is 0 Å². The van der Waals surface area contributed by atoms with E-state index in [4.69, 9.17) is 0 Å². The number of rotatable bonds is 14. The molecule has 29 rings (SSSR count). The Balaban J connectivity index is 0.000000139. The molecular weight excluding hydrogens is 1750 g/mol. The number of hydrogen-bond donors (Lipinski definition) is 0. The molecule has 5 heterocycles. The van der Waals surface area contributed by atoms with Gasteiger partial charge in [-0.05, 0) is 246 Å². The SMILES string of the molecule is c1ccc(-c2ccc(N(c3ccc(-c4cc5c6ccccc6n(-c6cccc(-c7ccccc7)c6)c5c5c4sc4ccccc45)cc3)c3ccc4c(c3)C3(c5ccccc5-c5ccccc53)c3ccccc3-4)cc2)cc1.c1ccc(-c2ccc(N(c3ccc(-c4cc5c6ccccc6n(-c6cccc(-c7ccccc7)c6)c5c5c4sc4ccccc45)cc3)c3ccc4sc5ccccc5c4c3)cc2)cc1. The number of benzene rings is 22. The fourth-order valence-corrected chi connectivity index (χ4v) is 26.5. The Labute approximate surface area is 822 Å². The van der Waals surface area contributed by atoms with Crippen LogP contribution in [-0.4, -0.2) is 9.13 Å². The number of para-hydroxylation sites is 2. The topological polar surface area (TPSA) is 16.3 Å². The molecule has 0 atom stereocenters. The molecule has 0 fully saturated rings. The van der Waals surface area contributed by atoms with Gasteiger partial charge in [0, 0.05) is 139 Å². The van der Waals surface area contributed by atoms with Crippen molar-refractivity contribution in [1.29, 1.82) is 0 Å². The summed E-state index contributed by atoms with van der Waals surface area (Å²) in [4.78, 5) is 4.86. The second-order valence-electron chi connectivity index (χ2n) is 36.8. The molecule has 0 bridgehead atoms. The zero-order valence-corrected chi connectivity index (χ0v) is 78.5. The summed E-state index contributed by atoms with van der Waals surface area (Å²) < 4.78 is 12.8. The summed E-state index contributed by atoms with van der Waals surface area (Å²) >= 11 is 5.65. The molecule has 1 spiro atoms. The highest BCUT2D eigenvalue weighted by atomic mass is 32.1. The Kier molecular flexibility index (Phi) is 19.1. The van der Waals surface area contributed by atoms with Gasteiger partial charge in [0.15, 0.2) is 0 Å². The van der Waals surface area contributed by atoms with E-state index in [1.807, 2.05) is 34.0 Å². The molecule has 0 saturated heterocycles. The maximum atomic E-state index is 2.51. The normalized spacial score (nSPS) is 12.3. The van der Waals surface area contributed by atoms with Gasteiger partial charge in [-0.25, -0.2) is 0 Å². The number of aromatic nitrogens is 2. The van der Waals surface area contributed by atoms with Crippen LogP contribution in [0.5, 0.6) is 0 Å². The number of fused-ring (bicyclic) bond motifs is 27. The molecule has 654 valence electrons. The number of anilines is 6. The van der Waals surface area contributed by atoms with Crippen molar-refractivity contribution in [3.63, 3.8) is 0 Å². The van der Waals surface area contributed by atoms with Crippen molar-refractivity contribution in [3.05, 3.63) is 532 Å². The standard InChI is InChI=1S/C73H46N2S.C60H38N2S2/c1-3-18-47(19-4-1)49-34-38-52(39-35-49)74(55-42-43-59-58-26-9-14-31-66(58)73(67(59)45-55)64-29-12-7-24-56(64)57-25-8-13-30-65(57)73)53-40-36-50(37-41-53)62-46-63-60-27-10-15-32-68(60)75(54-23-17-22-51(44-54)48-20-5-2-6-21-48)71(63)70-61-28-11-16-33-69(61)76-72(62)70;1-3-14-39(15-4-1)41-26-30-44(31-27-41)61(47-34-35-57-52(37-47)49-21-8-11-24-55(49)63-57)45-32-28-42(29-33-45)51-38-53-48-20-7-10-23-54(48)62(46-19-13-18-43(36-46)40-16-5-2-6-17-40)59(53)58-50-22-9-12-25-56(50)64-60(51)58/h1-46H;1-38H. The molecule has 0 saturated carbocycles. The summed E-state index contributed by atoms with van der Waals surface area (Å²) in [5.74, 6) is 0. The molecule has 5 aromatic heterocycles. The molecule has 2 aliphatic rings. The minimum absolute atomic E-state index is 0.454. The van der Waals surface area contributed by atoms with Crippen LogP contribution in [0, 0.1) is 0 Å². The lowest BCUT2D eigenvalue weighted by Gasteiger charge is -2.32. The van der Waals surface area contributed by atoms with Crippen LogP contribution in [-0.2, 0) is 5.41 Å². The van der Waals surface area contributed by atoms with E-state index in [0.29, 0.717) is 0 Å². The molecule has 7 heteroatoms. The Morgan fingerprint density at radius 1 is 0.171 bits per heavy atom. The molecule has 0 unspecified atom stereocenters. The molecule has 140 heavy (non-hydrogen) atoms. The van der Waals surface area contributed by atoms with Gasteiger partial charge in [-0.2, -0.15) is 0 Å². The predicted molar refractivity (Wildman–Crippen MR) is 599 cm³/mol. The van der Waals surface area contributed by atoms with Gasteiger partial charge in [0.25, 0.3) is 0 Å². The van der Waals surface area contributed by atoms with Gasteiger partial charge in [0.1, 0.15) is 0 Å². The van der Waals surface area contributed by atoms with Crippen LogP contribution in [0.2, 0.25) is 0 Å². The van der Waals surface area contributed by atoms with Crippen molar-refractivity contribution in [3.8, 4) is 100 Å². The fourth-order valence-electron chi connectivity index (χ4n) is 23.0. The smallest absolute Gasteiger partial charge is 0.0726 e. The lowest BCUT2D eigenvalue weighted by atomic mass is 9.70. The third-order valence-corrected chi connectivity index (χ3v) is 32.7. The number of hydrogen-bond acceptors (Lipinski definition) is 5. The first-order valence-electron chi connectivity index (χ1n) is 48.0. The van der Waals surface area contributed by atoms with E-state index in [9.17, 15) is 0 Å². The first-order chi connectivity index (χ1) is 69.4. The summed E-state index contributed by atoms with van der Waals surface area (Å²) in [7, 11) is 0. The van der Waals surface area contributed by atoms with Crippen molar-refractivity contribution in [2.45, 2.75) is 5.41 Å². The molecule has 0 radical (unpaired) electrons. The molecule has 0 N–H and O–H groups in total. The molecular formula is C133H84N4S3. The first-order valence-corrected chi connectivity index (χ1v) is 50.4. The van der Waals surface area contributed by atoms with Crippen LogP contribution < -0.4 is 9.80 Å². The van der Waals surface area contributed by atoms with Crippen LogP contribution in [0.1, 0.15) is 22.3 Å². The Hall–Kier alpha value is -17.3.